The van der Waals surface area contributed by atoms with Gasteiger partial charge in [0.1, 0.15) is 11.5 Å². The molecule has 0 spiro atoms. The van der Waals surface area contributed by atoms with E-state index in [0.29, 0.717) is 17.8 Å². The smallest absolute Gasteiger partial charge is 0.251 e. The van der Waals surface area contributed by atoms with Gasteiger partial charge in [-0.15, -0.1) is 0 Å². The summed E-state index contributed by atoms with van der Waals surface area (Å²) in [6.45, 7) is 0.394. The third-order valence-corrected chi connectivity index (χ3v) is 4.69. The number of carbonyl (C=O) groups is 2. The topological polar surface area (TPSA) is 67.4 Å². The van der Waals surface area contributed by atoms with E-state index in [-0.39, 0.29) is 17.7 Å². The zero-order valence-corrected chi connectivity index (χ0v) is 15.9. The number of benzene rings is 3. The Morgan fingerprint density at radius 3 is 2.31 bits per heavy atom. The van der Waals surface area contributed by atoms with Gasteiger partial charge in [0.25, 0.3) is 5.91 Å². The predicted molar refractivity (Wildman–Crippen MR) is 112 cm³/mol. The monoisotopic (exact) mass is 386 g/mol. The molecule has 0 unspecified atom stereocenters. The second-order valence-corrected chi connectivity index (χ2v) is 7.09. The maximum atomic E-state index is 12.4. The summed E-state index contributed by atoms with van der Waals surface area (Å²) in [6.07, 6.45) is 1.92. The summed E-state index contributed by atoms with van der Waals surface area (Å²) in [5, 5.41) is 5.78. The number of ether oxygens (including phenoxy) is 1. The second-order valence-electron chi connectivity index (χ2n) is 7.09. The van der Waals surface area contributed by atoms with Crippen LogP contribution in [0.3, 0.4) is 0 Å². The van der Waals surface area contributed by atoms with Gasteiger partial charge in [0.2, 0.25) is 5.91 Å². The maximum absolute atomic E-state index is 12.4. The molecule has 3 aromatic carbocycles. The Bertz CT molecular complexity index is 996. The van der Waals surface area contributed by atoms with E-state index in [4.69, 9.17) is 4.74 Å². The molecule has 0 heterocycles. The first-order valence-corrected chi connectivity index (χ1v) is 9.68. The fraction of sp³-hybridized carbons (Fsp3) is 0.167. The Morgan fingerprint density at radius 2 is 1.59 bits per heavy atom. The van der Waals surface area contributed by atoms with Gasteiger partial charge in [0, 0.05) is 23.7 Å². The number of para-hydroxylation sites is 1. The van der Waals surface area contributed by atoms with Gasteiger partial charge in [0.05, 0.1) is 0 Å². The highest BCUT2D eigenvalue weighted by molar-refractivity contribution is 5.96. The van der Waals surface area contributed by atoms with Gasteiger partial charge in [-0.05, 0) is 66.9 Å². The van der Waals surface area contributed by atoms with Gasteiger partial charge in [0.15, 0.2) is 0 Å². The van der Waals surface area contributed by atoms with E-state index in [9.17, 15) is 9.59 Å². The molecule has 5 heteroatoms. The molecule has 2 amide bonds. The summed E-state index contributed by atoms with van der Waals surface area (Å²) >= 11 is 0. The number of rotatable bonds is 7. The Kier molecular flexibility index (Phi) is 5.56. The molecule has 1 fully saturated rings. The van der Waals surface area contributed by atoms with Crippen LogP contribution in [0.2, 0.25) is 0 Å². The van der Waals surface area contributed by atoms with E-state index < -0.39 is 0 Å². The normalized spacial score (nSPS) is 12.8. The van der Waals surface area contributed by atoms with Crippen LogP contribution >= 0.6 is 0 Å². The van der Waals surface area contributed by atoms with Gasteiger partial charge in [-0.2, -0.15) is 0 Å². The van der Waals surface area contributed by atoms with Gasteiger partial charge in [-0.3, -0.25) is 9.59 Å². The number of amides is 2. The van der Waals surface area contributed by atoms with Gasteiger partial charge >= 0.3 is 0 Å². The summed E-state index contributed by atoms with van der Waals surface area (Å²) in [6, 6.07) is 24.1. The van der Waals surface area contributed by atoms with Crippen LogP contribution in [0.25, 0.3) is 0 Å². The third-order valence-electron chi connectivity index (χ3n) is 4.69. The van der Waals surface area contributed by atoms with Crippen molar-refractivity contribution < 1.29 is 14.3 Å². The van der Waals surface area contributed by atoms with Crippen LogP contribution in [-0.2, 0) is 11.3 Å². The van der Waals surface area contributed by atoms with E-state index >= 15 is 0 Å². The molecule has 0 atom stereocenters. The number of nitrogens with one attached hydrogen (secondary N) is 2. The lowest BCUT2D eigenvalue weighted by molar-refractivity contribution is -0.117. The van der Waals surface area contributed by atoms with Crippen LogP contribution < -0.4 is 15.4 Å². The second kappa shape index (κ2) is 8.61. The minimum Gasteiger partial charge on any atom is -0.457 e. The summed E-state index contributed by atoms with van der Waals surface area (Å²) in [7, 11) is 0. The van der Waals surface area contributed by atoms with Gasteiger partial charge in [-0.1, -0.05) is 30.3 Å². The maximum Gasteiger partial charge on any atom is 0.251 e. The van der Waals surface area contributed by atoms with Crippen LogP contribution in [0.1, 0.15) is 28.8 Å². The van der Waals surface area contributed by atoms with Crippen molar-refractivity contribution in [2.45, 2.75) is 19.4 Å². The van der Waals surface area contributed by atoms with Crippen molar-refractivity contribution in [2.75, 3.05) is 5.32 Å². The fourth-order valence-corrected chi connectivity index (χ4v) is 2.92. The van der Waals surface area contributed by atoms with Crippen molar-refractivity contribution in [1.82, 2.24) is 5.32 Å². The number of hydrogen-bond donors (Lipinski definition) is 2. The first kappa shape index (κ1) is 18.7. The molecule has 0 aromatic heterocycles. The minimum atomic E-state index is -0.167. The van der Waals surface area contributed by atoms with Crippen LogP contribution in [0.15, 0.2) is 78.9 Å². The summed E-state index contributed by atoms with van der Waals surface area (Å²) in [5.74, 6) is 1.53. The molecule has 1 aliphatic rings. The molecule has 0 aliphatic heterocycles. The third kappa shape index (κ3) is 5.23. The molecule has 29 heavy (non-hydrogen) atoms. The molecular formula is C24H22N2O3. The molecule has 3 aromatic rings. The molecule has 0 bridgehead atoms. The molecule has 2 N–H and O–H groups in total. The lowest BCUT2D eigenvalue weighted by Gasteiger charge is -2.09. The van der Waals surface area contributed by atoms with Crippen LogP contribution in [0.4, 0.5) is 5.69 Å². The van der Waals surface area contributed by atoms with E-state index in [1.807, 2.05) is 54.6 Å². The van der Waals surface area contributed by atoms with E-state index in [2.05, 4.69) is 10.6 Å². The zero-order chi connectivity index (χ0) is 20.1. The molecule has 0 saturated heterocycles. The standard InChI is InChI=1S/C24H22N2O3/c27-23(18-11-13-20(14-12-18)26-24(28)19-9-10-19)25-16-17-5-4-8-22(15-17)29-21-6-2-1-3-7-21/h1-8,11-15,19H,9-10,16H2,(H,25,27)(H,26,28). The number of anilines is 1. The first-order chi connectivity index (χ1) is 14.2. The lowest BCUT2D eigenvalue weighted by Crippen LogP contribution is -2.22. The highest BCUT2D eigenvalue weighted by atomic mass is 16.5. The van der Waals surface area contributed by atoms with Crippen molar-refractivity contribution in [3.05, 3.63) is 90.0 Å². The minimum absolute atomic E-state index is 0.0554. The summed E-state index contributed by atoms with van der Waals surface area (Å²) in [5.41, 5.74) is 2.20. The number of hydrogen-bond acceptors (Lipinski definition) is 3. The zero-order valence-electron chi connectivity index (χ0n) is 15.9. The number of carbonyl (C=O) groups excluding carboxylic acids is 2. The quantitative estimate of drug-likeness (QED) is 0.615. The van der Waals surface area contributed by atoms with Crippen molar-refractivity contribution in [3.63, 3.8) is 0 Å². The van der Waals surface area contributed by atoms with Gasteiger partial charge in [-0.25, -0.2) is 0 Å². The van der Waals surface area contributed by atoms with Crippen molar-refractivity contribution in [3.8, 4) is 11.5 Å². The van der Waals surface area contributed by atoms with E-state index in [1.165, 1.54) is 0 Å². The predicted octanol–water partition coefficient (Wildman–Crippen LogP) is 4.76. The largest absolute Gasteiger partial charge is 0.457 e. The Labute approximate surface area is 169 Å². The van der Waals surface area contributed by atoms with Crippen LogP contribution in [-0.4, -0.2) is 11.8 Å². The van der Waals surface area contributed by atoms with Crippen molar-refractivity contribution in [1.29, 1.82) is 0 Å². The molecule has 4 rings (SSSR count). The molecule has 0 radical (unpaired) electrons. The van der Waals surface area contributed by atoms with E-state index in [1.54, 1.807) is 24.3 Å². The SMILES string of the molecule is O=C(NCc1cccc(Oc2ccccc2)c1)c1ccc(NC(=O)C2CC2)cc1. The molecule has 146 valence electrons. The van der Waals surface area contributed by atoms with Crippen molar-refractivity contribution >= 4 is 17.5 Å². The highest BCUT2D eigenvalue weighted by Gasteiger charge is 2.29. The average molecular weight is 386 g/mol. The van der Waals surface area contributed by atoms with Crippen LogP contribution in [0, 0.1) is 5.92 Å². The fourth-order valence-electron chi connectivity index (χ4n) is 2.92. The first-order valence-electron chi connectivity index (χ1n) is 9.68. The lowest BCUT2D eigenvalue weighted by atomic mass is 10.1. The van der Waals surface area contributed by atoms with Crippen molar-refractivity contribution in [2.24, 2.45) is 5.92 Å². The Morgan fingerprint density at radius 1 is 0.862 bits per heavy atom. The molecular weight excluding hydrogens is 364 g/mol. The Balaban J connectivity index is 1.32. The highest BCUT2D eigenvalue weighted by Crippen LogP contribution is 2.30. The molecule has 1 aliphatic carbocycles. The summed E-state index contributed by atoms with van der Waals surface area (Å²) in [4.78, 5) is 24.2. The molecule has 5 nitrogen and oxygen atoms in total. The van der Waals surface area contributed by atoms with E-state index in [0.717, 1.165) is 29.9 Å². The molecule has 1 saturated carbocycles. The summed E-state index contributed by atoms with van der Waals surface area (Å²) < 4.78 is 5.83. The Hall–Kier alpha value is -3.60. The average Bonchev–Trinajstić information content (AvgIpc) is 3.59. The van der Waals surface area contributed by atoms with Crippen LogP contribution in [0.5, 0.6) is 11.5 Å². The van der Waals surface area contributed by atoms with Gasteiger partial charge < -0.3 is 15.4 Å².